The van der Waals surface area contributed by atoms with Gasteiger partial charge in [-0.05, 0) is 61.2 Å². The van der Waals surface area contributed by atoms with E-state index in [9.17, 15) is 9.59 Å². The summed E-state index contributed by atoms with van der Waals surface area (Å²) in [6.45, 7) is 6.13. The van der Waals surface area contributed by atoms with Crippen molar-refractivity contribution < 1.29 is 14.3 Å². The van der Waals surface area contributed by atoms with Gasteiger partial charge in [-0.15, -0.1) is 0 Å². The van der Waals surface area contributed by atoms with Crippen molar-refractivity contribution in [2.24, 2.45) is 0 Å². The molecule has 0 aliphatic rings. The van der Waals surface area contributed by atoms with E-state index in [-0.39, 0.29) is 25.0 Å². The summed E-state index contributed by atoms with van der Waals surface area (Å²) in [4.78, 5) is 28.3. The Morgan fingerprint density at radius 2 is 1.74 bits per heavy atom. The van der Waals surface area contributed by atoms with Crippen molar-refractivity contribution >= 4 is 35.0 Å². The average molecular weight is 513 g/mol. The molecule has 0 radical (unpaired) electrons. The highest BCUT2D eigenvalue weighted by Crippen LogP contribution is 2.25. The highest BCUT2D eigenvalue weighted by molar-refractivity contribution is 6.35. The number of nitrogens with zero attached hydrogens (tertiary/aromatic N) is 1. The van der Waals surface area contributed by atoms with Crippen molar-refractivity contribution in [1.29, 1.82) is 0 Å². The molecule has 1 N–H and O–H groups in total. The van der Waals surface area contributed by atoms with Crippen molar-refractivity contribution in [1.82, 2.24) is 10.2 Å². The minimum absolute atomic E-state index is 0.139. The van der Waals surface area contributed by atoms with E-state index in [1.165, 1.54) is 4.90 Å². The molecule has 1 atom stereocenters. The Bertz CT molecular complexity index is 1170. The number of carbonyl (C=O) groups excluding carboxylic acids is 2. The number of carbonyl (C=O) groups is 2. The number of aryl methyl sites for hydroxylation is 2. The standard InChI is InChI=1S/C28H30Cl2N2O3/c1-4-31-28(34)25(15-21-8-6-5-7-9-21)32(17-22-12-13-23(29)16-24(22)30)27(33)18-35-26-14-19(2)10-11-20(26)3/h5-14,16,25H,4,15,17-18H2,1-3H3,(H,31,34). The van der Waals surface area contributed by atoms with Crippen molar-refractivity contribution in [3.8, 4) is 5.75 Å². The van der Waals surface area contributed by atoms with E-state index >= 15 is 0 Å². The van der Waals surface area contributed by atoms with E-state index in [2.05, 4.69) is 5.32 Å². The predicted molar refractivity (Wildman–Crippen MR) is 141 cm³/mol. The van der Waals surface area contributed by atoms with Crippen molar-refractivity contribution in [3.05, 3.63) is 99.0 Å². The van der Waals surface area contributed by atoms with Gasteiger partial charge in [0.25, 0.3) is 5.91 Å². The van der Waals surface area contributed by atoms with E-state index in [1.807, 2.05) is 69.3 Å². The summed E-state index contributed by atoms with van der Waals surface area (Å²) < 4.78 is 5.91. The molecule has 3 rings (SSSR count). The molecule has 0 saturated heterocycles. The van der Waals surface area contributed by atoms with Crippen LogP contribution in [0.25, 0.3) is 0 Å². The number of halogens is 2. The quantitative estimate of drug-likeness (QED) is 0.375. The molecular weight excluding hydrogens is 483 g/mol. The molecule has 5 nitrogen and oxygen atoms in total. The SMILES string of the molecule is CCNC(=O)C(Cc1ccccc1)N(Cc1ccc(Cl)cc1Cl)C(=O)COc1cc(C)ccc1C. The third kappa shape index (κ3) is 7.48. The number of rotatable bonds is 10. The summed E-state index contributed by atoms with van der Waals surface area (Å²) >= 11 is 12.5. The third-order valence-corrected chi connectivity index (χ3v) is 6.26. The van der Waals surface area contributed by atoms with Crippen molar-refractivity contribution in [2.75, 3.05) is 13.2 Å². The molecule has 0 bridgehead atoms. The fourth-order valence-electron chi connectivity index (χ4n) is 3.76. The molecule has 0 aliphatic heterocycles. The van der Waals surface area contributed by atoms with Gasteiger partial charge >= 0.3 is 0 Å². The van der Waals surface area contributed by atoms with E-state index in [0.29, 0.717) is 34.3 Å². The second-order valence-electron chi connectivity index (χ2n) is 8.42. The maximum absolute atomic E-state index is 13.6. The van der Waals surface area contributed by atoms with E-state index in [4.69, 9.17) is 27.9 Å². The van der Waals surface area contributed by atoms with Crippen LogP contribution in [0.1, 0.15) is 29.2 Å². The lowest BCUT2D eigenvalue weighted by Crippen LogP contribution is -2.51. The zero-order chi connectivity index (χ0) is 25.4. The van der Waals surface area contributed by atoms with Crippen LogP contribution < -0.4 is 10.1 Å². The van der Waals surface area contributed by atoms with Crippen LogP contribution in [-0.4, -0.2) is 35.9 Å². The lowest BCUT2D eigenvalue weighted by atomic mass is 10.0. The van der Waals surface area contributed by atoms with Gasteiger partial charge in [-0.1, -0.05) is 71.7 Å². The van der Waals surface area contributed by atoms with Gasteiger partial charge in [0, 0.05) is 29.6 Å². The molecule has 1 unspecified atom stereocenters. The van der Waals surface area contributed by atoms with Crippen molar-refractivity contribution in [2.45, 2.75) is 39.8 Å². The second kappa shape index (κ2) is 12.6. The Hall–Kier alpha value is -3.02. The molecule has 0 spiro atoms. The first-order valence-electron chi connectivity index (χ1n) is 11.5. The summed E-state index contributed by atoms with van der Waals surface area (Å²) in [7, 11) is 0. The van der Waals surface area contributed by atoms with Gasteiger partial charge < -0.3 is 15.0 Å². The average Bonchev–Trinajstić information content (AvgIpc) is 2.83. The summed E-state index contributed by atoms with van der Waals surface area (Å²) in [6.07, 6.45) is 0.354. The zero-order valence-electron chi connectivity index (χ0n) is 20.2. The van der Waals surface area contributed by atoms with Gasteiger partial charge in [-0.25, -0.2) is 0 Å². The van der Waals surface area contributed by atoms with E-state index < -0.39 is 6.04 Å². The number of nitrogens with one attached hydrogen (secondary N) is 1. The summed E-state index contributed by atoms with van der Waals surface area (Å²) in [6, 6.07) is 19.8. The van der Waals surface area contributed by atoms with E-state index in [1.54, 1.807) is 18.2 Å². The van der Waals surface area contributed by atoms with Gasteiger partial charge in [0.15, 0.2) is 6.61 Å². The molecule has 0 aliphatic carbocycles. The Morgan fingerprint density at radius 1 is 1.00 bits per heavy atom. The number of hydrogen-bond acceptors (Lipinski definition) is 3. The Morgan fingerprint density at radius 3 is 2.43 bits per heavy atom. The van der Waals surface area contributed by atoms with Gasteiger partial charge in [0.05, 0.1) is 0 Å². The fraction of sp³-hybridized carbons (Fsp3) is 0.286. The predicted octanol–water partition coefficient (Wildman–Crippen LogP) is 5.77. The topological polar surface area (TPSA) is 58.6 Å². The maximum atomic E-state index is 13.6. The highest BCUT2D eigenvalue weighted by atomic mass is 35.5. The van der Waals surface area contributed by atoms with Crippen LogP contribution in [0.5, 0.6) is 5.75 Å². The van der Waals surface area contributed by atoms with Crippen LogP contribution in [0.4, 0.5) is 0 Å². The molecule has 0 fully saturated rings. The number of benzene rings is 3. The summed E-state index contributed by atoms with van der Waals surface area (Å²) in [5, 5.41) is 3.80. The fourth-order valence-corrected chi connectivity index (χ4v) is 4.23. The summed E-state index contributed by atoms with van der Waals surface area (Å²) in [5.41, 5.74) is 3.60. The zero-order valence-corrected chi connectivity index (χ0v) is 21.7. The first-order chi connectivity index (χ1) is 16.8. The molecule has 0 aromatic heterocycles. The maximum Gasteiger partial charge on any atom is 0.261 e. The minimum atomic E-state index is -0.751. The Kier molecular flexibility index (Phi) is 9.58. The molecule has 0 saturated carbocycles. The Balaban J connectivity index is 1.93. The van der Waals surface area contributed by atoms with Crippen LogP contribution in [0.2, 0.25) is 10.0 Å². The molecule has 2 amide bonds. The monoisotopic (exact) mass is 512 g/mol. The normalized spacial score (nSPS) is 11.6. The molecule has 184 valence electrons. The number of amides is 2. The highest BCUT2D eigenvalue weighted by Gasteiger charge is 2.31. The van der Waals surface area contributed by atoms with Gasteiger partial charge in [-0.3, -0.25) is 9.59 Å². The van der Waals surface area contributed by atoms with Crippen LogP contribution in [0.15, 0.2) is 66.7 Å². The number of likely N-dealkylation sites (N-methyl/N-ethyl adjacent to an activating group) is 1. The van der Waals surface area contributed by atoms with Crippen LogP contribution in [0, 0.1) is 13.8 Å². The van der Waals surface area contributed by atoms with E-state index in [0.717, 1.165) is 16.7 Å². The lowest BCUT2D eigenvalue weighted by Gasteiger charge is -2.31. The van der Waals surface area contributed by atoms with Gasteiger partial charge in [-0.2, -0.15) is 0 Å². The molecular formula is C28H30Cl2N2O3. The molecule has 0 heterocycles. The minimum Gasteiger partial charge on any atom is -0.483 e. The van der Waals surface area contributed by atoms with Crippen molar-refractivity contribution in [3.63, 3.8) is 0 Å². The molecule has 3 aromatic carbocycles. The third-order valence-electron chi connectivity index (χ3n) is 5.67. The lowest BCUT2D eigenvalue weighted by molar-refractivity contribution is -0.142. The van der Waals surface area contributed by atoms with Crippen LogP contribution in [0.3, 0.4) is 0 Å². The van der Waals surface area contributed by atoms with Gasteiger partial charge in [0.2, 0.25) is 5.91 Å². The Labute approximate surface area is 217 Å². The number of hydrogen-bond donors (Lipinski definition) is 1. The first kappa shape index (κ1) is 26.6. The van der Waals surface area contributed by atoms with Crippen LogP contribution >= 0.6 is 23.2 Å². The second-order valence-corrected chi connectivity index (χ2v) is 9.26. The molecule has 3 aromatic rings. The molecule has 7 heteroatoms. The first-order valence-corrected chi connectivity index (χ1v) is 12.3. The summed E-state index contributed by atoms with van der Waals surface area (Å²) in [5.74, 6) is 0.0890. The number of ether oxygens (including phenoxy) is 1. The van der Waals surface area contributed by atoms with Crippen LogP contribution in [-0.2, 0) is 22.6 Å². The smallest absolute Gasteiger partial charge is 0.261 e. The molecule has 35 heavy (non-hydrogen) atoms. The largest absolute Gasteiger partial charge is 0.483 e. The van der Waals surface area contributed by atoms with Gasteiger partial charge in [0.1, 0.15) is 11.8 Å².